The molecule has 0 heterocycles. The summed E-state index contributed by atoms with van der Waals surface area (Å²) in [5, 5.41) is 31.8. The molecule has 0 saturated carbocycles. The minimum atomic E-state index is -1.31. The summed E-state index contributed by atoms with van der Waals surface area (Å²) < 4.78 is 0. The van der Waals surface area contributed by atoms with Crippen LogP contribution in [0.5, 0.6) is 0 Å². The molecular formula is C15H28N4O7. The number of aliphatic hydroxyl groups excluding tert-OH is 1. The summed E-state index contributed by atoms with van der Waals surface area (Å²) in [4.78, 5) is 46.2. The Morgan fingerprint density at radius 3 is 2.00 bits per heavy atom. The second-order valence-electron chi connectivity index (χ2n) is 5.94. The predicted octanol–water partition coefficient (Wildman–Crippen LogP) is -2.26. The summed E-state index contributed by atoms with van der Waals surface area (Å²) in [5.74, 6) is -4.12. The Morgan fingerprint density at radius 2 is 1.54 bits per heavy atom. The maximum absolute atomic E-state index is 12.3. The molecule has 0 aliphatic rings. The highest BCUT2D eigenvalue weighted by Crippen LogP contribution is 2.05. The third kappa shape index (κ3) is 9.30. The second kappa shape index (κ2) is 12.2. The topological polar surface area (TPSA) is 205 Å². The van der Waals surface area contributed by atoms with E-state index in [0.29, 0.717) is 19.4 Å². The number of carboxylic acids is 2. The summed E-state index contributed by atoms with van der Waals surface area (Å²) in [7, 11) is 0. The SMILES string of the molecule is C[C@@H](O)[C@H](N)C(=O)N[C@@H](CCC(=O)O)C(=O)N[C@@H](CCCCN)C(=O)O. The number of nitrogens with two attached hydrogens (primary N) is 2. The Kier molecular flexibility index (Phi) is 11.1. The van der Waals surface area contributed by atoms with Crippen molar-refractivity contribution in [1.82, 2.24) is 10.6 Å². The van der Waals surface area contributed by atoms with Crippen molar-refractivity contribution in [3.05, 3.63) is 0 Å². The van der Waals surface area contributed by atoms with E-state index in [2.05, 4.69) is 10.6 Å². The van der Waals surface area contributed by atoms with Crippen LogP contribution in [-0.2, 0) is 19.2 Å². The molecule has 26 heavy (non-hydrogen) atoms. The molecule has 0 unspecified atom stereocenters. The Morgan fingerprint density at radius 1 is 0.962 bits per heavy atom. The van der Waals surface area contributed by atoms with Gasteiger partial charge in [-0.3, -0.25) is 14.4 Å². The van der Waals surface area contributed by atoms with E-state index in [0.717, 1.165) is 0 Å². The number of rotatable bonds is 13. The van der Waals surface area contributed by atoms with Crippen LogP contribution in [0.15, 0.2) is 0 Å². The molecule has 0 aliphatic carbocycles. The highest BCUT2D eigenvalue weighted by molar-refractivity contribution is 5.92. The molecule has 0 spiro atoms. The first-order valence-electron chi connectivity index (χ1n) is 8.29. The molecule has 11 heteroatoms. The van der Waals surface area contributed by atoms with Crippen molar-refractivity contribution >= 4 is 23.8 Å². The van der Waals surface area contributed by atoms with Gasteiger partial charge in [0.15, 0.2) is 0 Å². The van der Waals surface area contributed by atoms with Crippen LogP contribution in [-0.4, -0.2) is 69.8 Å². The number of hydrogen-bond acceptors (Lipinski definition) is 7. The molecule has 0 rings (SSSR count). The van der Waals surface area contributed by atoms with Crippen LogP contribution < -0.4 is 22.1 Å². The van der Waals surface area contributed by atoms with Crippen LogP contribution in [0.4, 0.5) is 0 Å². The van der Waals surface area contributed by atoms with Gasteiger partial charge in [0.05, 0.1) is 6.10 Å². The molecule has 2 amide bonds. The first-order valence-corrected chi connectivity index (χ1v) is 8.29. The number of hydrogen-bond donors (Lipinski definition) is 7. The molecule has 0 saturated heterocycles. The fourth-order valence-electron chi connectivity index (χ4n) is 2.05. The van der Waals surface area contributed by atoms with Gasteiger partial charge in [-0.1, -0.05) is 0 Å². The van der Waals surface area contributed by atoms with Gasteiger partial charge in [-0.2, -0.15) is 0 Å². The summed E-state index contributed by atoms with van der Waals surface area (Å²) in [5.41, 5.74) is 10.8. The molecule has 0 radical (unpaired) electrons. The Bertz CT molecular complexity index is 498. The van der Waals surface area contributed by atoms with Gasteiger partial charge in [0.1, 0.15) is 18.1 Å². The molecule has 9 N–H and O–H groups in total. The molecule has 0 aromatic heterocycles. The monoisotopic (exact) mass is 376 g/mol. The fourth-order valence-corrected chi connectivity index (χ4v) is 2.05. The minimum Gasteiger partial charge on any atom is -0.481 e. The summed E-state index contributed by atoms with van der Waals surface area (Å²) in [6.45, 7) is 1.67. The highest BCUT2D eigenvalue weighted by Gasteiger charge is 2.29. The average molecular weight is 376 g/mol. The minimum absolute atomic E-state index is 0.144. The van der Waals surface area contributed by atoms with Crippen LogP contribution in [0.25, 0.3) is 0 Å². The number of carboxylic acid groups (broad SMARTS) is 2. The first-order chi connectivity index (χ1) is 12.1. The Labute approximate surface area is 151 Å². The zero-order valence-corrected chi connectivity index (χ0v) is 14.7. The molecule has 150 valence electrons. The number of carbonyl (C=O) groups excluding carboxylic acids is 2. The molecule has 0 aromatic rings. The number of carbonyl (C=O) groups is 4. The van der Waals surface area contributed by atoms with Crippen molar-refractivity contribution in [1.29, 1.82) is 0 Å². The summed E-state index contributed by atoms with van der Waals surface area (Å²) in [6.07, 6.45) is -0.650. The summed E-state index contributed by atoms with van der Waals surface area (Å²) >= 11 is 0. The first kappa shape index (κ1) is 23.8. The van der Waals surface area contributed by atoms with E-state index in [1.165, 1.54) is 6.92 Å². The van der Waals surface area contributed by atoms with Gasteiger partial charge in [-0.25, -0.2) is 4.79 Å². The fraction of sp³-hybridized carbons (Fsp3) is 0.733. The molecular weight excluding hydrogens is 348 g/mol. The van der Waals surface area contributed by atoms with E-state index in [1.807, 2.05) is 0 Å². The molecule has 0 bridgehead atoms. The lowest BCUT2D eigenvalue weighted by atomic mass is 10.1. The quantitative estimate of drug-likeness (QED) is 0.173. The van der Waals surface area contributed by atoms with E-state index in [-0.39, 0.29) is 12.8 Å². The lowest BCUT2D eigenvalue weighted by molar-refractivity contribution is -0.143. The van der Waals surface area contributed by atoms with Gasteiger partial charge in [-0.05, 0) is 39.2 Å². The van der Waals surface area contributed by atoms with Crippen molar-refractivity contribution in [2.24, 2.45) is 11.5 Å². The van der Waals surface area contributed by atoms with Crippen LogP contribution in [0.1, 0.15) is 39.0 Å². The smallest absolute Gasteiger partial charge is 0.326 e. The molecule has 0 aliphatic heterocycles. The predicted molar refractivity (Wildman–Crippen MR) is 90.9 cm³/mol. The van der Waals surface area contributed by atoms with Gasteiger partial charge in [0.2, 0.25) is 11.8 Å². The highest BCUT2D eigenvalue weighted by atomic mass is 16.4. The third-order valence-electron chi connectivity index (χ3n) is 3.66. The van der Waals surface area contributed by atoms with Gasteiger partial charge in [0.25, 0.3) is 0 Å². The van der Waals surface area contributed by atoms with Gasteiger partial charge < -0.3 is 37.4 Å². The number of unbranched alkanes of at least 4 members (excludes halogenated alkanes) is 1. The van der Waals surface area contributed by atoms with Crippen LogP contribution in [0.2, 0.25) is 0 Å². The van der Waals surface area contributed by atoms with Crippen molar-refractivity contribution in [3.8, 4) is 0 Å². The molecule has 0 aromatic carbocycles. The molecule has 11 nitrogen and oxygen atoms in total. The largest absolute Gasteiger partial charge is 0.481 e. The molecule has 0 fully saturated rings. The van der Waals surface area contributed by atoms with Crippen LogP contribution in [0, 0.1) is 0 Å². The normalized spacial score (nSPS) is 15.4. The van der Waals surface area contributed by atoms with Crippen molar-refractivity contribution < 1.29 is 34.5 Å². The van der Waals surface area contributed by atoms with Gasteiger partial charge in [0, 0.05) is 6.42 Å². The summed E-state index contributed by atoms with van der Waals surface area (Å²) in [6, 6.07) is -3.79. The van der Waals surface area contributed by atoms with E-state index in [4.69, 9.17) is 16.6 Å². The zero-order chi connectivity index (χ0) is 20.3. The van der Waals surface area contributed by atoms with Gasteiger partial charge >= 0.3 is 11.9 Å². The van der Waals surface area contributed by atoms with E-state index >= 15 is 0 Å². The van der Waals surface area contributed by atoms with E-state index in [9.17, 15) is 29.4 Å². The number of amides is 2. The van der Waals surface area contributed by atoms with E-state index in [1.54, 1.807) is 0 Å². The van der Waals surface area contributed by atoms with E-state index < -0.39 is 54.4 Å². The standard InChI is InChI=1S/C15H28N4O7/c1-8(20)12(17)14(24)18-9(5-6-11(21)22)13(23)19-10(15(25)26)4-2-3-7-16/h8-10,12,20H,2-7,16-17H2,1H3,(H,18,24)(H,19,23)(H,21,22)(H,25,26)/t8-,9+,10+,12+/m1/s1. The Balaban J connectivity index is 5.02. The Hall–Kier alpha value is -2.24. The number of aliphatic carboxylic acids is 2. The second-order valence-corrected chi connectivity index (χ2v) is 5.94. The maximum Gasteiger partial charge on any atom is 0.326 e. The third-order valence-corrected chi connectivity index (χ3v) is 3.66. The van der Waals surface area contributed by atoms with Crippen molar-refractivity contribution in [2.45, 2.75) is 63.3 Å². The number of aliphatic hydroxyl groups is 1. The number of nitrogens with one attached hydrogen (secondary N) is 2. The lowest BCUT2D eigenvalue weighted by Gasteiger charge is -2.23. The van der Waals surface area contributed by atoms with Crippen LogP contribution in [0.3, 0.4) is 0 Å². The van der Waals surface area contributed by atoms with Crippen LogP contribution >= 0.6 is 0 Å². The van der Waals surface area contributed by atoms with Crippen molar-refractivity contribution in [3.63, 3.8) is 0 Å². The zero-order valence-electron chi connectivity index (χ0n) is 14.7. The average Bonchev–Trinajstić information content (AvgIpc) is 2.56. The molecule has 4 atom stereocenters. The maximum atomic E-state index is 12.3. The van der Waals surface area contributed by atoms with Gasteiger partial charge in [-0.15, -0.1) is 0 Å². The lowest BCUT2D eigenvalue weighted by Crippen LogP contribution is -2.56. The van der Waals surface area contributed by atoms with Crippen molar-refractivity contribution in [2.75, 3.05) is 6.54 Å².